The number of hydrogen-bond donors (Lipinski definition) is 3. The monoisotopic (exact) mass is 279 g/mol. The smallest absolute Gasteiger partial charge is 0.269 e. The number of rotatable bonds is 6. The van der Waals surface area contributed by atoms with E-state index < -0.39 is 10.0 Å². The van der Waals surface area contributed by atoms with Gasteiger partial charge in [-0.05, 0) is 13.0 Å². The number of hydrogen-bond acceptors (Lipinski definition) is 7. The van der Waals surface area contributed by atoms with E-state index in [9.17, 15) is 13.2 Å². The molecule has 1 aromatic rings. The fraction of sp³-hybridized carbons (Fsp3) is 0.571. The molecule has 0 unspecified atom stereocenters. The second kappa shape index (κ2) is 6.00. The summed E-state index contributed by atoms with van der Waals surface area (Å²) in [4.78, 5) is 10.7. The minimum atomic E-state index is -3.66. The highest BCUT2D eigenvalue weighted by atomic mass is 32.2. The number of carbonyl (C=O) groups is 1. The van der Waals surface area contributed by atoms with E-state index in [0.717, 1.165) is 11.3 Å². The Hall–Kier alpha value is -1.10. The molecule has 0 saturated heterocycles. The highest BCUT2D eigenvalue weighted by molar-refractivity contribution is 7.91. The molecule has 0 bridgehead atoms. The van der Waals surface area contributed by atoms with Crippen molar-refractivity contribution in [1.82, 2.24) is 14.9 Å². The van der Waals surface area contributed by atoms with Gasteiger partial charge < -0.3 is 11.1 Å². The van der Waals surface area contributed by atoms with Crippen LogP contribution in [0, 0.1) is 0 Å². The van der Waals surface area contributed by atoms with Crippen molar-refractivity contribution in [2.24, 2.45) is 5.73 Å². The largest absolute Gasteiger partial charge is 0.330 e. The Kier molecular flexibility index (Phi) is 4.93. The summed E-state index contributed by atoms with van der Waals surface area (Å²) in [6, 6.07) is 0. The van der Waals surface area contributed by atoms with Crippen LogP contribution in [-0.4, -0.2) is 37.6 Å². The number of nitrogens with zero attached hydrogens (tertiary/aromatic N) is 2. The van der Waals surface area contributed by atoms with Gasteiger partial charge in [0.1, 0.15) is 0 Å². The predicted molar refractivity (Wildman–Crippen MR) is 63.1 cm³/mol. The summed E-state index contributed by atoms with van der Waals surface area (Å²) in [6.45, 7) is 1.94. The maximum atomic E-state index is 11.6. The third kappa shape index (κ3) is 4.34. The summed E-state index contributed by atoms with van der Waals surface area (Å²) in [5, 5.41) is 9.54. The normalized spacial score (nSPS) is 11.4. The molecule has 1 heterocycles. The van der Waals surface area contributed by atoms with Crippen LogP contribution in [0.4, 0.5) is 5.13 Å². The number of anilines is 1. The van der Waals surface area contributed by atoms with Gasteiger partial charge in [-0.25, -0.2) is 13.1 Å². The van der Waals surface area contributed by atoms with Gasteiger partial charge in [-0.15, -0.1) is 10.2 Å². The molecule has 0 atom stereocenters. The molecule has 0 aliphatic rings. The van der Waals surface area contributed by atoms with E-state index in [1.807, 2.05) is 0 Å². The average Bonchev–Trinajstić information content (AvgIpc) is 2.66. The Balaban J connectivity index is 2.71. The van der Waals surface area contributed by atoms with E-state index in [0.29, 0.717) is 13.0 Å². The second-order valence-electron chi connectivity index (χ2n) is 3.09. The summed E-state index contributed by atoms with van der Waals surface area (Å²) < 4.78 is 25.4. The van der Waals surface area contributed by atoms with Crippen LogP contribution in [0.3, 0.4) is 0 Å². The van der Waals surface area contributed by atoms with E-state index in [4.69, 9.17) is 5.73 Å². The fourth-order valence-corrected chi connectivity index (χ4v) is 2.95. The summed E-state index contributed by atoms with van der Waals surface area (Å²) >= 11 is 0.790. The molecule has 0 saturated carbocycles. The van der Waals surface area contributed by atoms with Crippen molar-refractivity contribution >= 4 is 32.4 Å². The van der Waals surface area contributed by atoms with Crippen molar-refractivity contribution in [3.05, 3.63) is 0 Å². The highest BCUT2D eigenvalue weighted by Crippen LogP contribution is 2.19. The first-order valence-corrected chi connectivity index (χ1v) is 7.06. The van der Waals surface area contributed by atoms with Gasteiger partial charge in [0.25, 0.3) is 10.0 Å². The Morgan fingerprint density at radius 2 is 2.18 bits per heavy atom. The van der Waals surface area contributed by atoms with Crippen molar-refractivity contribution < 1.29 is 13.2 Å². The molecular formula is C7H13N5O3S2. The maximum Gasteiger partial charge on any atom is 0.269 e. The van der Waals surface area contributed by atoms with Crippen LogP contribution in [0.2, 0.25) is 0 Å². The molecule has 1 amide bonds. The van der Waals surface area contributed by atoms with Gasteiger partial charge >= 0.3 is 0 Å². The molecule has 4 N–H and O–H groups in total. The first-order valence-electron chi connectivity index (χ1n) is 4.76. The van der Waals surface area contributed by atoms with Gasteiger partial charge in [-0.1, -0.05) is 11.3 Å². The van der Waals surface area contributed by atoms with Crippen LogP contribution in [0.5, 0.6) is 0 Å². The van der Waals surface area contributed by atoms with Crippen molar-refractivity contribution in [3.8, 4) is 0 Å². The zero-order valence-corrected chi connectivity index (χ0v) is 10.8. The van der Waals surface area contributed by atoms with Gasteiger partial charge in [0.15, 0.2) is 0 Å². The topological polar surface area (TPSA) is 127 Å². The molecule has 0 aliphatic heterocycles. The molecule has 10 heteroatoms. The van der Waals surface area contributed by atoms with Crippen LogP contribution in [-0.2, 0) is 14.8 Å². The summed E-state index contributed by atoms with van der Waals surface area (Å²) in [7, 11) is -3.66. The number of amides is 1. The molecule has 17 heavy (non-hydrogen) atoms. The standard InChI is InChI=1S/C7H13N5O3S2/c1-5(13)10-6-11-12-7(16-6)17(14,15)9-4-2-3-8/h9H,2-4,8H2,1H3,(H,10,11,13). The van der Waals surface area contributed by atoms with Crippen LogP contribution in [0.1, 0.15) is 13.3 Å². The maximum absolute atomic E-state index is 11.6. The second-order valence-corrected chi connectivity index (χ2v) is 6.01. The van der Waals surface area contributed by atoms with Crippen molar-refractivity contribution in [2.45, 2.75) is 17.7 Å². The predicted octanol–water partition coefficient (Wildman–Crippen LogP) is -0.876. The number of aromatic nitrogens is 2. The van der Waals surface area contributed by atoms with Crippen molar-refractivity contribution in [1.29, 1.82) is 0 Å². The van der Waals surface area contributed by atoms with Gasteiger partial charge in [-0.2, -0.15) is 0 Å². The minimum absolute atomic E-state index is 0.150. The molecule has 1 aromatic heterocycles. The lowest BCUT2D eigenvalue weighted by Crippen LogP contribution is -2.26. The van der Waals surface area contributed by atoms with Crippen molar-refractivity contribution in [2.75, 3.05) is 18.4 Å². The van der Waals surface area contributed by atoms with Gasteiger partial charge in [-0.3, -0.25) is 4.79 Å². The first kappa shape index (κ1) is 14.0. The lowest BCUT2D eigenvalue weighted by atomic mass is 10.4. The lowest BCUT2D eigenvalue weighted by molar-refractivity contribution is -0.114. The highest BCUT2D eigenvalue weighted by Gasteiger charge is 2.19. The van der Waals surface area contributed by atoms with Crippen LogP contribution < -0.4 is 15.8 Å². The minimum Gasteiger partial charge on any atom is -0.330 e. The number of carbonyl (C=O) groups excluding carboxylic acids is 1. The number of nitrogens with one attached hydrogen (secondary N) is 2. The first-order chi connectivity index (χ1) is 7.95. The zero-order valence-electron chi connectivity index (χ0n) is 9.13. The van der Waals surface area contributed by atoms with E-state index in [1.54, 1.807) is 0 Å². The number of sulfonamides is 1. The fourth-order valence-electron chi connectivity index (χ4n) is 0.890. The van der Waals surface area contributed by atoms with E-state index in [-0.39, 0.29) is 21.9 Å². The third-order valence-corrected chi connectivity index (χ3v) is 4.26. The summed E-state index contributed by atoms with van der Waals surface area (Å²) in [6.07, 6.45) is 0.538. The number of nitrogens with two attached hydrogens (primary N) is 1. The lowest BCUT2D eigenvalue weighted by Gasteiger charge is -2.00. The molecule has 1 rings (SSSR count). The Morgan fingerprint density at radius 1 is 1.47 bits per heavy atom. The Labute approximate surface area is 103 Å². The van der Waals surface area contributed by atoms with Crippen molar-refractivity contribution in [3.63, 3.8) is 0 Å². The molecular weight excluding hydrogens is 266 g/mol. The molecule has 0 aliphatic carbocycles. The van der Waals surface area contributed by atoms with Gasteiger partial charge in [0, 0.05) is 13.5 Å². The summed E-state index contributed by atoms with van der Waals surface area (Å²) in [5.74, 6) is -0.332. The average molecular weight is 279 g/mol. The molecule has 96 valence electrons. The molecule has 0 radical (unpaired) electrons. The quantitative estimate of drug-likeness (QED) is 0.458. The Morgan fingerprint density at radius 3 is 2.76 bits per heavy atom. The molecule has 0 spiro atoms. The van der Waals surface area contributed by atoms with E-state index >= 15 is 0 Å². The molecule has 8 nitrogen and oxygen atoms in total. The Bertz CT molecular complexity index is 483. The third-order valence-electron chi connectivity index (χ3n) is 1.59. The van der Waals surface area contributed by atoms with Crippen LogP contribution in [0.25, 0.3) is 0 Å². The zero-order chi connectivity index (χ0) is 12.9. The van der Waals surface area contributed by atoms with E-state index in [1.165, 1.54) is 6.92 Å². The van der Waals surface area contributed by atoms with E-state index in [2.05, 4.69) is 20.2 Å². The summed E-state index contributed by atoms with van der Waals surface area (Å²) in [5.41, 5.74) is 5.25. The van der Waals surface area contributed by atoms with Crippen LogP contribution in [0.15, 0.2) is 4.34 Å². The van der Waals surface area contributed by atoms with Crippen LogP contribution >= 0.6 is 11.3 Å². The SMILES string of the molecule is CC(=O)Nc1nnc(S(=O)(=O)NCCCN)s1. The molecule has 0 fully saturated rings. The van der Waals surface area contributed by atoms with Gasteiger partial charge in [0.05, 0.1) is 0 Å². The van der Waals surface area contributed by atoms with Gasteiger partial charge in [0.2, 0.25) is 15.4 Å². The molecule has 0 aromatic carbocycles.